The van der Waals surface area contributed by atoms with Crippen molar-refractivity contribution < 1.29 is 17.6 Å². The quantitative estimate of drug-likeness (QED) is 0.740. The molecule has 5 heteroatoms. The maximum Gasteiger partial charge on any atom is 0.416 e. The summed E-state index contributed by atoms with van der Waals surface area (Å²) in [5.41, 5.74) is -0.0901. The second kappa shape index (κ2) is 3.97. The van der Waals surface area contributed by atoms with Crippen molar-refractivity contribution in [3.8, 4) is 11.3 Å². The molecule has 0 radical (unpaired) electrons. The minimum atomic E-state index is -4.33. The predicted octanol–water partition coefficient (Wildman–Crippen LogP) is 4.73. The summed E-state index contributed by atoms with van der Waals surface area (Å²) in [5, 5.41) is 0. The molecule has 1 heterocycles. The molecule has 16 heavy (non-hydrogen) atoms. The van der Waals surface area contributed by atoms with Gasteiger partial charge in [0.15, 0.2) is 0 Å². The number of hydrogen-bond donors (Lipinski definition) is 0. The van der Waals surface area contributed by atoms with Gasteiger partial charge >= 0.3 is 6.18 Å². The normalized spacial score (nSPS) is 11.8. The summed E-state index contributed by atoms with van der Waals surface area (Å²) in [4.78, 5) is 0. The Morgan fingerprint density at radius 2 is 1.88 bits per heavy atom. The Kier molecular flexibility index (Phi) is 2.80. The fraction of sp³-hybridized carbons (Fsp3) is 0.0909. The van der Waals surface area contributed by atoms with Crippen molar-refractivity contribution >= 4 is 15.9 Å². The van der Waals surface area contributed by atoms with E-state index in [4.69, 9.17) is 4.42 Å². The summed E-state index contributed by atoms with van der Waals surface area (Å²) in [6.45, 7) is 0. The molecule has 2 rings (SSSR count). The standard InChI is InChI=1S/C11H6BrF3O/c12-9-6-7(11(13,14)15)3-4-8(9)10-2-1-5-16-10/h1-6H. The van der Waals surface area contributed by atoms with Crippen LogP contribution in [0.5, 0.6) is 0 Å². The van der Waals surface area contributed by atoms with E-state index in [1.165, 1.54) is 12.3 Å². The Morgan fingerprint density at radius 1 is 1.12 bits per heavy atom. The lowest BCUT2D eigenvalue weighted by molar-refractivity contribution is -0.137. The average molecular weight is 291 g/mol. The van der Waals surface area contributed by atoms with Crippen molar-refractivity contribution in [3.05, 3.63) is 46.6 Å². The van der Waals surface area contributed by atoms with Gasteiger partial charge in [-0.15, -0.1) is 0 Å². The number of hydrogen-bond acceptors (Lipinski definition) is 1. The van der Waals surface area contributed by atoms with Gasteiger partial charge < -0.3 is 4.42 Å². The fourth-order valence-corrected chi connectivity index (χ4v) is 1.90. The third-order valence-electron chi connectivity index (χ3n) is 2.08. The second-order valence-corrected chi connectivity index (χ2v) is 4.02. The maximum atomic E-state index is 12.4. The van der Waals surface area contributed by atoms with Crippen LogP contribution < -0.4 is 0 Å². The predicted molar refractivity (Wildman–Crippen MR) is 56.8 cm³/mol. The van der Waals surface area contributed by atoms with Crippen molar-refractivity contribution in [3.63, 3.8) is 0 Å². The highest BCUT2D eigenvalue weighted by atomic mass is 79.9. The third kappa shape index (κ3) is 2.14. The highest BCUT2D eigenvalue weighted by molar-refractivity contribution is 9.10. The minimum absolute atomic E-state index is 0.359. The summed E-state index contributed by atoms with van der Waals surface area (Å²) in [7, 11) is 0. The average Bonchev–Trinajstić information content (AvgIpc) is 2.69. The van der Waals surface area contributed by atoms with E-state index in [9.17, 15) is 13.2 Å². The third-order valence-corrected chi connectivity index (χ3v) is 2.74. The first-order valence-corrected chi connectivity index (χ1v) is 5.18. The molecule has 0 spiro atoms. The van der Waals surface area contributed by atoms with Crippen LogP contribution in [0.1, 0.15) is 5.56 Å². The second-order valence-electron chi connectivity index (χ2n) is 3.17. The molecule has 1 nitrogen and oxygen atoms in total. The first kappa shape index (κ1) is 11.3. The van der Waals surface area contributed by atoms with E-state index < -0.39 is 11.7 Å². The molecule has 0 amide bonds. The Bertz CT molecular complexity index is 488. The molecule has 0 aliphatic heterocycles. The molecule has 0 atom stereocenters. The summed E-state index contributed by atoms with van der Waals surface area (Å²) < 4.78 is 42.7. The van der Waals surface area contributed by atoms with E-state index in [1.54, 1.807) is 12.1 Å². The molecule has 1 aromatic heterocycles. The first-order chi connectivity index (χ1) is 7.48. The van der Waals surface area contributed by atoms with Crippen molar-refractivity contribution in [2.75, 3.05) is 0 Å². The number of benzene rings is 1. The van der Waals surface area contributed by atoms with Crippen LogP contribution in [0.3, 0.4) is 0 Å². The zero-order chi connectivity index (χ0) is 11.8. The van der Waals surface area contributed by atoms with E-state index in [0.29, 0.717) is 15.8 Å². The molecular weight excluding hydrogens is 285 g/mol. The molecule has 0 fully saturated rings. The molecule has 0 saturated heterocycles. The van der Waals surface area contributed by atoms with Crippen molar-refractivity contribution in [2.45, 2.75) is 6.18 Å². The minimum Gasteiger partial charge on any atom is -0.464 e. The van der Waals surface area contributed by atoms with Crippen LogP contribution in [-0.2, 0) is 6.18 Å². The molecule has 0 unspecified atom stereocenters. The SMILES string of the molecule is FC(F)(F)c1ccc(-c2ccco2)c(Br)c1. The van der Waals surface area contributed by atoms with E-state index in [1.807, 2.05) is 0 Å². The van der Waals surface area contributed by atoms with Crippen LogP contribution in [-0.4, -0.2) is 0 Å². The zero-order valence-corrected chi connectivity index (χ0v) is 9.47. The lowest BCUT2D eigenvalue weighted by atomic mass is 10.1. The van der Waals surface area contributed by atoms with Crippen molar-refractivity contribution in [2.24, 2.45) is 0 Å². The Morgan fingerprint density at radius 3 is 2.38 bits per heavy atom. The van der Waals surface area contributed by atoms with Gasteiger partial charge in [-0.3, -0.25) is 0 Å². The maximum absolute atomic E-state index is 12.4. The largest absolute Gasteiger partial charge is 0.464 e. The van der Waals surface area contributed by atoms with Crippen molar-refractivity contribution in [1.29, 1.82) is 0 Å². The van der Waals surface area contributed by atoms with Gasteiger partial charge in [0.25, 0.3) is 0 Å². The Labute approximate surface area is 98.0 Å². The van der Waals surface area contributed by atoms with Gasteiger partial charge in [0.2, 0.25) is 0 Å². The van der Waals surface area contributed by atoms with E-state index in [2.05, 4.69) is 15.9 Å². The lowest BCUT2D eigenvalue weighted by Crippen LogP contribution is -2.04. The van der Waals surface area contributed by atoms with Crippen LogP contribution in [0, 0.1) is 0 Å². The van der Waals surface area contributed by atoms with Gasteiger partial charge in [-0.25, -0.2) is 0 Å². The van der Waals surface area contributed by atoms with Crippen LogP contribution >= 0.6 is 15.9 Å². The smallest absolute Gasteiger partial charge is 0.416 e. The van der Waals surface area contributed by atoms with Gasteiger partial charge in [-0.2, -0.15) is 13.2 Å². The summed E-state index contributed by atoms with van der Waals surface area (Å²) >= 11 is 3.10. The fourth-order valence-electron chi connectivity index (χ4n) is 1.32. The van der Waals surface area contributed by atoms with Gasteiger partial charge in [-0.1, -0.05) is 15.9 Å². The monoisotopic (exact) mass is 290 g/mol. The Hall–Kier alpha value is -1.23. The Balaban J connectivity index is 2.46. The molecule has 0 bridgehead atoms. The van der Waals surface area contributed by atoms with Crippen molar-refractivity contribution in [1.82, 2.24) is 0 Å². The molecule has 0 aliphatic rings. The highest BCUT2D eigenvalue weighted by Crippen LogP contribution is 2.35. The summed E-state index contributed by atoms with van der Waals surface area (Å²) in [5.74, 6) is 0.528. The van der Waals surface area contributed by atoms with Crippen LogP contribution in [0.15, 0.2) is 45.5 Å². The molecule has 0 aliphatic carbocycles. The summed E-state index contributed by atoms with van der Waals surface area (Å²) in [6, 6.07) is 6.82. The number of rotatable bonds is 1. The molecule has 84 valence electrons. The molecule has 1 aromatic carbocycles. The van der Waals surface area contributed by atoms with E-state index in [-0.39, 0.29) is 0 Å². The van der Waals surface area contributed by atoms with Crippen LogP contribution in [0.4, 0.5) is 13.2 Å². The van der Waals surface area contributed by atoms with Crippen LogP contribution in [0.2, 0.25) is 0 Å². The van der Waals surface area contributed by atoms with Crippen LogP contribution in [0.25, 0.3) is 11.3 Å². The molecular formula is C11H6BrF3O. The molecule has 2 aromatic rings. The topological polar surface area (TPSA) is 13.1 Å². The van der Waals surface area contributed by atoms with Gasteiger partial charge in [0.05, 0.1) is 11.8 Å². The van der Waals surface area contributed by atoms with Gasteiger partial charge in [0.1, 0.15) is 5.76 Å². The molecule has 0 N–H and O–H groups in total. The highest BCUT2D eigenvalue weighted by Gasteiger charge is 2.30. The first-order valence-electron chi connectivity index (χ1n) is 4.39. The van der Waals surface area contributed by atoms with Gasteiger partial charge in [-0.05, 0) is 30.3 Å². The van der Waals surface area contributed by atoms with E-state index >= 15 is 0 Å². The van der Waals surface area contributed by atoms with E-state index in [0.717, 1.165) is 12.1 Å². The number of halogens is 4. The molecule has 0 saturated carbocycles. The van der Waals surface area contributed by atoms with Gasteiger partial charge in [0, 0.05) is 10.0 Å². The summed E-state index contributed by atoms with van der Waals surface area (Å²) in [6.07, 6.45) is -2.86. The zero-order valence-electron chi connectivity index (χ0n) is 7.88. The number of alkyl halides is 3. The number of furan rings is 1. The lowest BCUT2D eigenvalue weighted by Gasteiger charge is -2.08.